The molecule has 0 atom stereocenters. The van der Waals surface area contributed by atoms with Crippen molar-refractivity contribution in [2.24, 2.45) is 0 Å². The molecule has 1 N–H and O–H groups in total. The second-order valence-electron chi connectivity index (χ2n) is 3.95. The Bertz CT molecular complexity index is 684. The van der Waals surface area contributed by atoms with Crippen molar-refractivity contribution in [3.8, 4) is 17.9 Å². The standard InChI is InChI=1S/C16H10N2O/c17-10-13-3-1-12(2-4-13)9-15(11-18)14-5-7-16(19)8-6-14/h1-9,19H/b15-9-. The molecule has 0 aromatic heterocycles. The van der Waals surface area contributed by atoms with E-state index >= 15 is 0 Å². The Morgan fingerprint density at radius 2 is 1.58 bits per heavy atom. The van der Waals surface area contributed by atoms with E-state index in [4.69, 9.17) is 5.26 Å². The first-order chi connectivity index (χ1) is 9.22. The lowest BCUT2D eigenvalue weighted by atomic mass is 10.0. The molecule has 0 bridgehead atoms. The average Bonchev–Trinajstić information content (AvgIpc) is 2.46. The average molecular weight is 246 g/mol. The van der Waals surface area contributed by atoms with Gasteiger partial charge in [0.25, 0.3) is 0 Å². The molecule has 0 saturated carbocycles. The summed E-state index contributed by atoms with van der Waals surface area (Å²) in [5.74, 6) is 0.166. The van der Waals surface area contributed by atoms with E-state index in [1.807, 2.05) is 6.07 Å². The zero-order chi connectivity index (χ0) is 13.7. The van der Waals surface area contributed by atoms with Crippen LogP contribution in [0, 0.1) is 22.7 Å². The molecule has 90 valence electrons. The van der Waals surface area contributed by atoms with Crippen LogP contribution in [0.2, 0.25) is 0 Å². The number of phenolic OH excluding ortho intramolecular Hbond substituents is 1. The zero-order valence-corrected chi connectivity index (χ0v) is 10.0. The third-order valence-corrected chi connectivity index (χ3v) is 2.65. The molecule has 0 heterocycles. The van der Waals surface area contributed by atoms with Crippen LogP contribution in [0.1, 0.15) is 16.7 Å². The lowest BCUT2D eigenvalue weighted by Gasteiger charge is -2.00. The summed E-state index contributed by atoms with van der Waals surface area (Å²) >= 11 is 0. The molecule has 19 heavy (non-hydrogen) atoms. The highest BCUT2D eigenvalue weighted by molar-refractivity contribution is 5.89. The summed E-state index contributed by atoms with van der Waals surface area (Å²) in [6.45, 7) is 0. The number of phenols is 1. The Hall–Kier alpha value is -3.04. The van der Waals surface area contributed by atoms with Crippen molar-refractivity contribution in [2.75, 3.05) is 0 Å². The SMILES string of the molecule is N#C/C(=C/c1ccc(C#N)cc1)c1ccc(O)cc1. The summed E-state index contributed by atoms with van der Waals surface area (Å²) in [6, 6.07) is 17.6. The maximum absolute atomic E-state index is 9.23. The van der Waals surface area contributed by atoms with E-state index in [0.717, 1.165) is 11.1 Å². The third kappa shape index (κ3) is 3.00. The second kappa shape index (κ2) is 5.53. The van der Waals surface area contributed by atoms with Crippen molar-refractivity contribution < 1.29 is 5.11 Å². The van der Waals surface area contributed by atoms with Gasteiger partial charge in [-0.2, -0.15) is 10.5 Å². The van der Waals surface area contributed by atoms with E-state index in [0.29, 0.717) is 11.1 Å². The van der Waals surface area contributed by atoms with Crippen LogP contribution >= 0.6 is 0 Å². The number of hydrogen-bond acceptors (Lipinski definition) is 3. The van der Waals surface area contributed by atoms with E-state index < -0.39 is 0 Å². The fourth-order valence-corrected chi connectivity index (χ4v) is 1.64. The van der Waals surface area contributed by atoms with Crippen LogP contribution in [-0.4, -0.2) is 5.11 Å². The van der Waals surface area contributed by atoms with Crippen LogP contribution in [0.5, 0.6) is 5.75 Å². The van der Waals surface area contributed by atoms with Gasteiger partial charge in [0.2, 0.25) is 0 Å². The molecule has 0 aliphatic heterocycles. The quantitative estimate of drug-likeness (QED) is 0.652. The largest absolute Gasteiger partial charge is 0.508 e. The Kier molecular flexibility index (Phi) is 3.61. The van der Waals surface area contributed by atoms with Gasteiger partial charge in [0.05, 0.1) is 23.3 Å². The molecule has 3 heteroatoms. The van der Waals surface area contributed by atoms with E-state index in [1.165, 1.54) is 0 Å². The highest BCUT2D eigenvalue weighted by atomic mass is 16.3. The maximum atomic E-state index is 9.23. The molecule has 0 aliphatic carbocycles. The van der Waals surface area contributed by atoms with E-state index in [2.05, 4.69) is 6.07 Å². The van der Waals surface area contributed by atoms with Crippen LogP contribution < -0.4 is 0 Å². The molecule has 0 saturated heterocycles. The zero-order valence-electron chi connectivity index (χ0n) is 10.0. The molecule has 2 rings (SSSR count). The normalized spacial score (nSPS) is 10.5. The first kappa shape index (κ1) is 12.4. The number of nitriles is 2. The molecule has 0 unspecified atom stereocenters. The maximum Gasteiger partial charge on any atom is 0.115 e. The van der Waals surface area contributed by atoms with Gasteiger partial charge < -0.3 is 5.11 Å². The third-order valence-electron chi connectivity index (χ3n) is 2.65. The van der Waals surface area contributed by atoms with Crippen LogP contribution in [0.15, 0.2) is 48.5 Å². The number of benzene rings is 2. The number of hydrogen-bond donors (Lipinski definition) is 1. The Balaban J connectivity index is 2.36. The lowest BCUT2D eigenvalue weighted by Crippen LogP contribution is -1.82. The molecular formula is C16H10N2O. The van der Waals surface area contributed by atoms with Gasteiger partial charge in [0.1, 0.15) is 5.75 Å². The summed E-state index contributed by atoms with van der Waals surface area (Å²) in [5.41, 5.74) is 2.68. The lowest BCUT2D eigenvalue weighted by molar-refractivity contribution is 0.475. The topological polar surface area (TPSA) is 67.8 Å². The van der Waals surface area contributed by atoms with Gasteiger partial charge in [-0.3, -0.25) is 0 Å². The van der Waals surface area contributed by atoms with Gasteiger partial charge in [-0.25, -0.2) is 0 Å². The Morgan fingerprint density at radius 1 is 0.947 bits per heavy atom. The Labute approximate surface area is 111 Å². The van der Waals surface area contributed by atoms with Crippen molar-refractivity contribution >= 4 is 11.6 Å². The minimum atomic E-state index is 0.166. The van der Waals surface area contributed by atoms with Gasteiger partial charge in [0.15, 0.2) is 0 Å². The summed E-state index contributed by atoms with van der Waals surface area (Å²) in [5, 5.41) is 27.1. The molecule has 3 nitrogen and oxygen atoms in total. The molecule has 2 aromatic carbocycles. The number of rotatable bonds is 2. The van der Waals surface area contributed by atoms with E-state index in [-0.39, 0.29) is 5.75 Å². The smallest absolute Gasteiger partial charge is 0.115 e. The molecule has 0 aliphatic rings. The van der Waals surface area contributed by atoms with E-state index in [1.54, 1.807) is 54.6 Å². The molecular weight excluding hydrogens is 236 g/mol. The van der Waals surface area contributed by atoms with Crippen LogP contribution in [0.25, 0.3) is 11.6 Å². The number of aromatic hydroxyl groups is 1. The van der Waals surface area contributed by atoms with Gasteiger partial charge in [-0.05, 0) is 53.6 Å². The predicted molar refractivity (Wildman–Crippen MR) is 72.7 cm³/mol. The second-order valence-corrected chi connectivity index (χ2v) is 3.95. The minimum Gasteiger partial charge on any atom is -0.508 e. The van der Waals surface area contributed by atoms with Gasteiger partial charge >= 0.3 is 0 Å². The first-order valence-electron chi connectivity index (χ1n) is 5.64. The summed E-state index contributed by atoms with van der Waals surface area (Å²) in [4.78, 5) is 0. The highest BCUT2D eigenvalue weighted by Crippen LogP contribution is 2.20. The number of allylic oxidation sites excluding steroid dienone is 1. The Morgan fingerprint density at radius 3 is 2.11 bits per heavy atom. The van der Waals surface area contributed by atoms with Crippen LogP contribution in [0.3, 0.4) is 0 Å². The monoisotopic (exact) mass is 246 g/mol. The van der Waals surface area contributed by atoms with Gasteiger partial charge in [-0.15, -0.1) is 0 Å². The van der Waals surface area contributed by atoms with Gasteiger partial charge in [-0.1, -0.05) is 12.1 Å². The molecule has 0 spiro atoms. The molecule has 2 aromatic rings. The minimum absolute atomic E-state index is 0.166. The fourth-order valence-electron chi connectivity index (χ4n) is 1.64. The summed E-state index contributed by atoms with van der Waals surface area (Å²) in [7, 11) is 0. The van der Waals surface area contributed by atoms with Crippen LogP contribution in [0.4, 0.5) is 0 Å². The molecule has 0 fully saturated rings. The van der Waals surface area contributed by atoms with Crippen molar-refractivity contribution in [3.05, 3.63) is 65.2 Å². The van der Waals surface area contributed by atoms with Crippen molar-refractivity contribution in [1.82, 2.24) is 0 Å². The number of nitrogens with zero attached hydrogens (tertiary/aromatic N) is 2. The van der Waals surface area contributed by atoms with Gasteiger partial charge in [0, 0.05) is 0 Å². The fraction of sp³-hybridized carbons (Fsp3) is 0. The first-order valence-corrected chi connectivity index (χ1v) is 5.64. The van der Waals surface area contributed by atoms with Crippen LogP contribution in [-0.2, 0) is 0 Å². The van der Waals surface area contributed by atoms with Crippen molar-refractivity contribution in [3.63, 3.8) is 0 Å². The van der Waals surface area contributed by atoms with E-state index in [9.17, 15) is 10.4 Å². The van der Waals surface area contributed by atoms with Crippen molar-refractivity contribution in [2.45, 2.75) is 0 Å². The summed E-state index contributed by atoms with van der Waals surface area (Å²) < 4.78 is 0. The van der Waals surface area contributed by atoms with Crippen molar-refractivity contribution in [1.29, 1.82) is 10.5 Å². The predicted octanol–water partition coefficient (Wildman–Crippen LogP) is 3.33. The summed E-state index contributed by atoms with van der Waals surface area (Å²) in [6.07, 6.45) is 1.74. The molecule has 0 amide bonds. The highest BCUT2D eigenvalue weighted by Gasteiger charge is 2.01. The molecule has 0 radical (unpaired) electrons.